The lowest BCUT2D eigenvalue weighted by atomic mass is 10.1. The number of guanidine groups is 1. The summed E-state index contributed by atoms with van der Waals surface area (Å²) in [5, 5.41) is 6.54. The Morgan fingerprint density at radius 2 is 2.04 bits per heavy atom. The van der Waals surface area contributed by atoms with Crippen molar-refractivity contribution in [1.82, 2.24) is 15.6 Å². The predicted octanol–water partition coefficient (Wildman–Crippen LogP) is 4.26. The fraction of sp³-hybridized carbons (Fsp3) is 0.524. The van der Waals surface area contributed by atoms with Crippen LogP contribution in [0.5, 0.6) is 5.75 Å². The zero-order valence-electron chi connectivity index (χ0n) is 17.2. The van der Waals surface area contributed by atoms with Crippen LogP contribution in [0.25, 0.3) is 0 Å². The molecule has 2 aromatic rings. The molecule has 0 spiro atoms. The molecule has 1 fully saturated rings. The van der Waals surface area contributed by atoms with Gasteiger partial charge in [0.05, 0.1) is 25.4 Å². The summed E-state index contributed by atoms with van der Waals surface area (Å²) in [5.74, 6) is 3.93. The number of nitrogens with one attached hydrogen (secondary N) is 2. The Kier molecular flexibility index (Phi) is 8.59. The Bertz CT molecular complexity index is 780. The Balaban J connectivity index is 0.00000280. The summed E-state index contributed by atoms with van der Waals surface area (Å²) in [5.41, 5.74) is 3.22. The average Bonchev–Trinajstić information content (AvgIpc) is 3.41. The number of aromatic nitrogens is 1. The number of oxazole rings is 1. The van der Waals surface area contributed by atoms with E-state index in [1.165, 1.54) is 18.4 Å². The highest BCUT2D eigenvalue weighted by molar-refractivity contribution is 14.0. The lowest BCUT2D eigenvalue weighted by Crippen LogP contribution is -2.36. The summed E-state index contributed by atoms with van der Waals surface area (Å²) >= 11 is 0. The van der Waals surface area contributed by atoms with Crippen molar-refractivity contribution >= 4 is 29.9 Å². The molecule has 1 aromatic carbocycles. The first-order chi connectivity index (χ1) is 13.0. The molecule has 2 N–H and O–H groups in total. The first kappa shape index (κ1) is 22.5. The molecule has 6 nitrogen and oxygen atoms in total. The minimum Gasteiger partial charge on any atom is -0.493 e. The largest absolute Gasteiger partial charge is 0.493 e. The normalized spacial score (nSPS) is 13.8. The van der Waals surface area contributed by atoms with E-state index in [1.54, 1.807) is 0 Å². The number of hydrogen-bond acceptors (Lipinski definition) is 4. The van der Waals surface area contributed by atoms with Gasteiger partial charge in [-0.15, -0.1) is 24.0 Å². The molecule has 0 amide bonds. The predicted molar refractivity (Wildman–Crippen MR) is 122 cm³/mol. The lowest BCUT2D eigenvalue weighted by Gasteiger charge is -2.13. The molecular formula is C21H31IN4O2. The number of benzene rings is 1. The van der Waals surface area contributed by atoms with Gasteiger partial charge in [0.1, 0.15) is 11.5 Å². The van der Waals surface area contributed by atoms with Crippen LogP contribution < -0.4 is 15.4 Å². The third-order valence-electron chi connectivity index (χ3n) is 4.63. The van der Waals surface area contributed by atoms with E-state index < -0.39 is 0 Å². The van der Waals surface area contributed by atoms with Gasteiger partial charge in [-0.1, -0.05) is 12.1 Å². The van der Waals surface area contributed by atoms with Gasteiger partial charge in [-0.25, -0.2) is 9.98 Å². The molecule has 0 atom stereocenters. The van der Waals surface area contributed by atoms with E-state index in [4.69, 9.17) is 14.1 Å². The quantitative estimate of drug-likeness (QED) is 0.323. The topological polar surface area (TPSA) is 71.7 Å². The van der Waals surface area contributed by atoms with Crippen LogP contribution in [0.3, 0.4) is 0 Å². The number of aliphatic imine (C=N–C) groups is 1. The van der Waals surface area contributed by atoms with Gasteiger partial charge < -0.3 is 19.8 Å². The molecule has 1 aliphatic carbocycles. The van der Waals surface area contributed by atoms with E-state index in [2.05, 4.69) is 40.7 Å². The minimum atomic E-state index is 0. The Labute approximate surface area is 184 Å². The summed E-state index contributed by atoms with van der Waals surface area (Å²) in [6.07, 6.45) is 2.57. The summed E-state index contributed by atoms with van der Waals surface area (Å²) in [6.45, 7) is 10.7. The molecule has 0 radical (unpaired) electrons. The lowest BCUT2D eigenvalue weighted by molar-refractivity contribution is 0.296. The Hall–Kier alpha value is -1.77. The van der Waals surface area contributed by atoms with E-state index in [9.17, 15) is 0 Å². The SMILES string of the molecule is CCNC(=NCc1ccc(C)cc1OCC1CC1)NCc1nc(C)c(C)o1.I. The molecule has 3 rings (SSSR count). The first-order valence-electron chi connectivity index (χ1n) is 9.72. The van der Waals surface area contributed by atoms with Crippen LogP contribution in [0.15, 0.2) is 27.6 Å². The molecule has 0 bridgehead atoms. The molecular weight excluding hydrogens is 467 g/mol. The maximum Gasteiger partial charge on any atom is 0.214 e. The summed E-state index contributed by atoms with van der Waals surface area (Å²) in [4.78, 5) is 9.11. The molecule has 1 heterocycles. The fourth-order valence-corrected chi connectivity index (χ4v) is 2.70. The van der Waals surface area contributed by atoms with Gasteiger partial charge in [-0.3, -0.25) is 0 Å². The maximum atomic E-state index is 6.04. The van der Waals surface area contributed by atoms with Crippen molar-refractivity contribution in [3.63, 3.8) is 0 Å². The highest BCUT2D eigenvalue weighted by atomic mass is 127. The minimum absolute atomic E-state index is 0. The first-order valence-corrected chi connectivity index (χ1v) is 9.72. The zero-order chi connectivity index (χ0) is 19.2. The molecule has 0 unspecified atom stereocenters. The van der Waals surface area contributed by atoms with Gasteiger partial charge >= 0.3 is 0 Å². The van der Waals surface area contributed by atoms with Crippen LogP contribution in [0.1, 0.15) is 48.2 Å². The van der Waals surface area contributed by atoms with Crippen LogP contribution in [-0.2, 0) is 13.1 Å². The molecule has 0 aliphatic heterocycles. The van der Waals surface area contributed by atoms with Crippen LogP contribution >= 0.6 is 24.0 Å². The zero-order valence-corrected chi connectivity index (χ0v) is 19.5. The second kappa shape index (κ2) is 10.7. The smallest absolute Gasteiger partial charge is 0.214 e. The van der Waals surface area contributed by atoms with E-state index in [1.807, 2.05) is 20.8 Å². The standard InChI is InChI=1S/C21H30N4O2.HI/c1-5-22-21(24-12-20-25-15(3)16(4)27-20)23-11-18-9-6-14(2)10-19(18)26-13-17-7-8-17;/h6,9-10,17H,5,7-8,11-13H2,1-4H3,(H2,22,23,24);1H. The Morgan fingerprint density at radius 1 is 1.25 bits per heavy atom. The Morgan fingerprint density at radius 3 is 2.68 bits per heavy atom. The number of halogens is 1. The third kappa shape index (κ3) is 6.68. The van der Waals surface area contributed by atoms with Crippen molar-refractivity contribution in [2.75, 3.05) is 13.2 Å². The molecule has 28 heavy (non-hydrogen) atoms. The van der Waals surface area contributed by atoms with Crippen molar-refractivity contribution in [2.45, 2.75) is 53.6 Å². The highest BCUT2D eigenvalue weighted by Crippen LogP contribution is 2.30. The fourth-order valence-electron chi connectivity index (χ4n) is 2.70. The molecule has 1 aliphatic rings. The molecule has 1 saturated carbocycles. The van der Waals surface area contributed by atoms with E-state index in [0.717, 1.165) is 47.8 Å². The number of ether oxygens (including phenoxy) is 1. The van der Waals surface area contributed by atoms with Gasteiger partial charge in [0.2, 0.25) is 5.89 Å². The van der Waals surface area contributed by atoms with Gasteiger partial charge in [0.15, 0.2) is 5.96 Å². The number of nitrogens with zero attached hydrogens (tertiary/aromatic N) is 2. The van der Waals surface area contributed by atoms with Crippen LogP contribution in [0.4, 0.5) is 0 Å². The summed E-state index contributed by atoms with van der Waals surface area (Å²) in [6, 6.07) is 6.31. The van der Waals surface area contributed by atoms with E-state index >= 15 is 0 Å². The summed E-state index contributed by atoms with van der Waals surface area (Å²) in [7, 11) is 0. The van der Waals surface area contributed by atoms with Crippen molar-refractivity contribution in [3.05, 3.63) is 46.7 Å². The van der Waals surface area contributed by atoms with Crippen LogP contribution in [0.2, 0.25) is 0 Å². The van der Waals surface area contributed by atoms with Crippen molar-refractivity contribution in [2.24, 2.45) is 10.9 Å². The molecule has 1 aromatic heterocycles. The molecule has 154 valence electrons. The van der Waals surface area contributed by atoms with Crippen molar-refractivity contribution < 1.29 is 9.15 Å². The van der Waals surface area contributed by atoms with Crippen LogP contribution in [-0.4, -0.2) is 24.1 Å². The van der Waals surface area contributed by atoms with Gasteiger partial charge in [0.25, 0.3) is 0 Å². The van der Waals surface area contributed by atoms with E-state index in [0.29, 0.717) is 19.0 Å². The van der Waals surface area contributed by atoms with Gasteiger partial charge in [-0.2, -0.15) is 0 Å². The number of aryl methyl sites for hydroxylation is 3. The highest BCUT2D eigenvalue weighted by Gasteiger charge is 2.22. The monoisotopic (exact) mass is 498 g/mol. The second-order valence-corrected chi connectivity index (χ2v) is 7.16. The number of hydrogen-bond donors (Lipinski definition) is 2. The average molecular weight is 498 g/mol. The van der Waals surface area contributed by atoms with Crippen LogP contribution in [0, 0.1) is 26.7 Å². The maximum absolute atomic E-state index is 6.04. The molecule has 7 heteroatoms. The summed E-state index contributed by atoms with van der Waals surface area (Å²) < 4.78 is 11.7. The van der Waals surface area contributed by atoms with Crippen molar-refractivity contribution in [3.8, 4) is 5.75 Å². The van der Waals surface area contributed by atoms with Crippen molar-refractivity contribution in [1.29, 1.82) is 0 Å². The molecule has 0 saturated heterocycles. The number of rotatable bonds is 8. The second-order valence-electron chi connectivity index (χ2n) is 7.16. The van der Waals surface area contributed by atoms with Gasteiger partial charge in [0, 0.05) is 12.1 Å². The van der Waals surface area contributed by atoms with Gasteiger partial charge in [-0.05, 0) is 58.1 Å². The van der Waals surface area contributed by atoms with E-state index in [-0.39, 0.29) is 24.0 Å². The third-order valence-corrected chi connectivity index (χ3v) is 4.63.